The van der Waals surface area contributed by atoms with Crippen LogP contribution >= 0.6 is 0 Å². The maximum atomic E-state index is 11.9. The summed E-state index contributed by atoms with van der Waals surface area (Å²) < 4.78 is 9.99. The number of phenols is 1. The van der Waals surface area contributed by atoms with Crippen LogP contribution in [0.2, 0.25) is 0 Å². The van der Waals surface area contributed by atoms with Crippen molar-refractivity contribution in [2.75, 3.05) is 13.7 Å². The number of phenolic OH excluding ortho intramolecular Hbond substituents is 1. The molecule has 0 spiro atoms. The number of rotatable bonds is 25. The zero-order valence-electron chi connectivity index (χ0n) is 25.5. The van der Waals surface area contributed by atoms with Crippen molar-refractivity contribution in [2.24, 2.45) is 0 Å². The van der Waals surface area contributed by atoms with Crippen molar-refractivity contribution in [3.63, 3.8) is 0 Å². The Balaban J connectivity index is 2.05. The first kappa shape index (κ1) is 36.7. The van der Waals surface area contributed by atoms with E-state index in [0.29, 0.717) is 5.56 Å². The zero-order chi connectivity index (χ0) is 30.1. The molecule has 0 aliphatic heterocycles. The molecule has 0 aliphatic rings. The predicted octanol–water partition coefficient (Wildman–Crippen LogP) is 7.25. The van der Waals surface area contributed by atoms with E-state index in [1.165, 1.54) is 121 Å². The lowest BCUT2D eigenvalue weighted by Crippen LogP contribution is -2.39. The van der Waals surface area contributed by atoms with Crippen LogP contribution in [-0.2, 0) is 9.53 Å². The van der Waals surface area contributed by atoms with E-state index >= 15 is 0 Å². The van der Waals surface area contributed by atoms with E-state index < -0.39 is 30.9 Å². The summed E-state index contributed by atoms with van der Waals surface area (Å²) in [6.07, 6.45) is 23.8. The fourth-order valence-corrected chi connectivity index (χ4v) is 4.66. The Morgan fingerprint density at radius 1 is 0.829 bits per heavy atom. The van der Waals surface area contributed by atoms with E-state index in [1.54, 1.807) is 12.1 Å². The molecule has 234 valence electrons. The van der Waals surface area contributed by atoms with Crippen LogP contribution in [0, 0.1) is 0 Å². The van der Waals surface area contributed by atoms with Gasteiger partial charge in [-0.05, 0) is 36.6 Å². The molecule has 7 nitrogen and oxygen atoms in total. The number of carbonyl (C=O) groups excluding carboxylic acids is 1. The minimum absolute atomic E-state index is 0.0121. The molecule has 0 saturated heterocycles. The van der Waals surface area contributed by atoms with Gasteiger partial charge in [0.1, 0.15) is 24.9 Å². The number of aliphatic hydroxyl groups excluding tert-OH is 3. The second kappa shape index (κ2) is 24.3. The van der Waals surface area contributed by atoms with Gasteiger partial charge in [0.15, 0.2) is 11.5 Å². The Morgan fingerprint density at radius 3 is 1.90 bits per heavy atom. The van der Waals surface area contributed by atoms with Gasteiger partial charge >= 0.3 is 5.97 Å². The Labute approximate surface area is 248 Å². The fourth-order valence-electron chi connectivity index (χ4n) is 4.66. The van der Waals surface area contributed by atoms with Gasteiger partial charge in [0.25, 0.3) is 0 Å². The van der Waals surface area contributed by atoms with Gasteiger partial charge in [0.05, 0.1) is 7.11 Å². The molecule has 3 atom stereocenters. The standard InChI is InChI=1S/C34H56O7/c1-3-4-5-6-7-8-9-10-11-12-13-14-15-16-17-18-19-20-21-30(36)34(39)31(37)27-41-33(38)25-23-28-22-24-29(35)32(26-28)40-2/h20-26,30-31,34-37,39H,3-19,27H2,1-2H3/b21-20+,25-23+. The lowest BCUT2D eigenvalue weighted by Gasteiger charge is -2.20. The summed E-state index contributed by atoms with van der Waals surface area (Å²) in [6.45, 7) is 1.81. The van der Waals surface area contributed by atoms with Crippen molar-refractivity contribution < 1.29 is 34.7 Å². The molecule has 0 aromatic heterocycles. The Bertz CT molecular complexity index is 851. The molecule has 3 unspecified atom stereocenters. The van der Waals surface area contributed by atoms with Gasteiger partial charge in [-0.1, -0.05) is 121 Å². The highest BCUT2D eigenvalue weighted by atomic mass is 16.5. The fraction of sp³-hybridized carbons (Fsp3) is 0.676. The van der Waals surface area contributed by atoms with Gasteiger partial charge in [0, 0.05) is 6.08 Å². The molecular weight excluding hydrogens is 520 g/mol. The molecule has 0 bridgehead atoms. The number of aliphatic hydroxyl groups is 3. The van der Waals surface area contributed by atoms with Crippen molar-refractivity contribution >= 4 is 12.0 Å². The first-order chi connectivity index (χ1) is 19.9. The third-order valence-electron chi connectivity index (χ3n) is 7.31. The summed E-state index contributed by atoms with van der Waals surface area (Å²) in [4.78, 5) is 11.9. The van der Waals surface area contributed by atoms with Crippen LogP contribution in [0.1, 0.15) is 122 Å². The molecule has 4 N–H and O–H groups in total. The average molecular weight is 577 g/mol. The van der Waals surface area contributed by atoms with Crippen LogP contribution in [0.25, 0.3) is 6.08 Å². The van der Waals surface area contributed by atoms with Crippen molar-refractivity contribution in [3.05, 3.63) is 42.0 Å². The molecule has 0 radical (unpaired) electrons. The maximum absolute atomic E-state index is 11.9. The molecule has 0 aliphatic carbocycles. The van der Waals surface area contributed by atoms with Crippen LogP contribution in [0.4, 0.5) is 0 Å². The molecule has 0 saturated carbocycles. The summed E-state index contributed by atoms with van der Waals surface area (Å²) in [5, 5.41) is 40.0. The third kappa shape index (κ3) is 18.7. The second-order valence-corrected chi connectivity index (χ2v) is 11.0. The normalized spacial score (nSPS) is 14.0. The van der Waals surface area contributed by atoms with Crippen molar-refractivity contribution in [2.45, 2.75) is 134 Å². The van der Waals surface area contributed by atoms with Crippen LogP contribution < -0.4 is 4.74 Å². The first-order valence-electron chi connectivity index (χ1n) is 15.8. The Hall–Kier alpha value is -2.35. The first-order valence-corrected chi connectivity index (χ1v) is 15.8. The molecule has 1 aromatic carbocycles. The van der Waals surface area contributed by atoms with Crippen LogP contribution in [-0.4, -0.2) is 58.4 Å². The molecule has 1 aromatic rings. The minimum Gasteiger partial charge on any atom is -0.504 e. The third-order valence-corrected chi connectivity index (χ3v) is 7.31. The van der Waals surface area contributed by atoms with Crippen LogP contribution in [0.5, 0.6) is 11.5 Å². The number of hydrogen-bond acceptors (Lipinski definition) is 7. The van der Waals surface area contributed by atoms with Gasteiger partial charge in [-0.15, -0.1) is 0 Å². The summed E-state index contributed by atoms with van der Waals surface area (Å²) in [6, 6.07) is 4.60. The van der Waals surface area contributed by atoms with E-state index in [-0.39, 0.29) is 11.5 Å². The highest BCUT2D eigenvalue weighted by molar-refractivity contribution is 5.87. The maximum Gasteiger partial charge on any atom is 0.330 e. The summed E-state index contributed by atoms with van der Waals surface area (Å²) in [7, 11) is 1.43. The number of aromatic hydroxyl groups is 1. The van der Waals surface area contributed by atoms with E-state index in [1.807, 2.05) is 6.08 Å². The summed E-state index contributed by atoms with van der Waals surface area (Å²) in [5.74, 6) is -0.449. The number of benzene rings is 1. The topological polar surface area (TPSA) is 116 Å². The number of hydrogen-bond donors (Lipinski definition) is 4. The van der Waals surface area contributed by atoms with E-state index in [9.17, 15) is 25.2 Å². The second-order valence-electron chi connectivity index (χ2n) is 11.0. The smallest absolute Gasteiger partial charge is 0.330 e. The van der Waals surface area contributed by atoms with Gasteiger partial charge in [0.2, 0.25) is 0 Å². The lowest BCUT2D eigenvalue weighted by molar-refractivity contribution is -0.144. The SMILES string of the molecule is CCCCCCCCCCCCCCCCCC/C=C/C(O)C(O)C(O)COC(=O)/C=C/c1ccc(O)c(OC)c1. The summed E-state index contributed by atoms with van der Waals surface area (Å²) >= 11 is 0. The lowest BCUT2D eigenvalue weighted by atomic mass is 10.0. The molecule has 1 rings (SSSR count). The van der Waals surface area contributed by atoms with Crippen LogP contribution in [0.15, 0.2) is 36.4 Å². The highest BCUT2D eigenvalue weighted by Crippen LogP contribution is 2.26. The van der Waals surface area contributed by atoms with Crippen molar-refractivity contribution in [3.8, 4) is 11.5 Å². The number of carbonyl (C=O) groups is 1. The van der Waals surface area contributed by atoms with E-state index in [2.05, 4.69) is 6.92 Å². The molecule has 0 fully saturated rings. The largest absolute Gasteiger partial charge is 0.504 e. The van der Waals surface area contributed by atoms with Crippen molar-refractivity contribution in [1.29, 1.82) is 0 Å². The minimum atomic E-state index is -1.46. The number of allylic oxidation sites excluding steroid dienone is 1. The molecule has 41 heavy (non-hydrogen) atoms. The number of methoxy groups -OCH3 is 1. The summed E-state index contributed by atoms with van der Waals surface area (Å²) in [5.41, 5.74) is 0.613. The van der Waals surface area contributed by atoms with Gasteiger partial charge in [-0.3, -0.25) is 0 Å². The van der Waals surface area contributed by atoms with E-state index in [0.717, 1.165) is 19.3 Å². The van der Waals surface area contributed by atoms with Gasteiger partial charge in [-0.2, -0.15) is 0 Å². The Kier molecular flexibility index (Phi) is 21.7. The highest BCUT2D eigenvalue weighted by Gasteiger charge is 2.23. The average Bonchev–Trinajstić information content (AvgIpc) is 2.98. The molecular formula is C34H56O7. The van der Waals surface area contributed by atoms with Crippen LogP contribution in [0.3, 0.4) is 0 Å². The van der Waals surface area contributed by atoms with Gasteiger partial charge < -0.3 is 29.9 Å². The molecule has 7 heteroatoms. The monoisotopic (exact) mass is 576 g/mol. The van der Waals surface area contributed by atoms with Gasteiger partial charge in [-0.25, -0.2) is 4.79 Å². The number of ether oxygens (including phenoxy) is 2. The number of unbranched alkanes of at least 4 members (excludes halogenated alkanes) is 16. The predicted molar refractivity (Wildman–Crippen MR) is 166 cm³/mol. The van der Waals surface area contributed by atoms with E-state index in [4.69, 9.17) is 9.47 Å². The Morgan fingerprint density at radius 2 is 1.37 bits per heavy atom. The zero-order valence-corrected chi connectivity index (χ0v) is 25.5. The molecule has 0 heterocycles. The quantitative estimate of drug-likeness (QED) is 0.0419. The van der Waals surface area contributed by atoms with Crippen molar-refractivity contribution in [1.82, 2.24) is 0 Å². The molecule has 0 amide bonds. The number of esters is 1.